The summed E-state index contributed by atoms with van der Waals surface area (Å²) in [5.74, 6) is 0.784. The van der Waals surface area contributed by atoms with E-state index in [9.17, 15) is 4.79 Å². The van der Waals surface area contributed by atoms with Gasteiger partial charge in [-0.2, -0.15) is 11.8 Å². The van der Waals surface area contributed by atoms with E-state index in [4.69, 9.17) is 17.0 Å². The minimum atomic E-state index is -0.591. The molecule has 0 aromatic heterocycles. The Bertz CT molecular complexity index is 386. The molecule has 4 nitrogen and oxygen atoms in total. The first kappa shape index (κ1) is 13.9. The van der Waals surface area contributed by atoms with E-state index in [2.05, 4.69) is 19.2 Å². The molecule has 0 aliphatic carbocycles. The van der Waals surface area contributed by atoms with Crippen LogP contribution in [0.2, 0.25) is 0 Å². The molecule has 2 heterocycles. The van der Waals surface area contributed by atoms with Gasteiger partial charge >= 0.3 is 5.97 Å². The van der Waals surface area contributed by atoms with Crippen LogP contribution in [0.25, 0.3) is 0 Å². The molecule has 0 aromatic carbocycles. The first-order chi connectivity index (χ1) is 8.29. The van der Waals surface area contributed by atoms with Crippen LogP contribution >= 0.6 is 24.0 Å². The number of thiocarbonyl (C=S) groups is 1. The average molecular weight is 288 g/mol. The largest absolute Gasteiger partial charge is 0.437 e. The molecule has 2 fully saturated rings. The number of carbonyl (C=O) groups excluding carboxylic acids is 1. The first-order valence-electron chi connectivity index (χ1n) is 6.12. The van der Waals surface area contributed by atoms with E-state index in [0.717, 1.165) is 18.6 Å². The molecule has 18 heavy (non-hydrogen) atoms. The molecule has 0 aromatic rings. The van der Waals surface area contributed by atoms with Gasteiger partial charge in [0.05, 0.1) is 0 Å². The maximum atomic E-state index is 12.0. The van der Waals surface area contributed by atoms with Crippen molar-refractivity contribution in [2.75, 3.05) is 12.0 Å². The van der Waals surface area contributed by atoms with Crippen LogP contribution in [0.1, 0.15) is 33.6 Å². The van der Waals surface area contributed by atoms with E-state index in [1.807, 2.05) is 18.1 Å². The number of thioether (sulfide) groups is 1. The van der Waals surface area contributed by atoms with Crippen molar-refractivity contribution in [2.45, 2.75) is 50.9 Å². The number of rotatable bonds is 3. The van der Waals surface area contributed by atoms with Gasteiger partial charge in [0.2, 0.25) is 0 Å². The summed E-state index contributed by atoms with van der Waals surface area (Å²) in [5.41, 5.74) is -0.733. The van der Waals surface area contributed by atoms with Gasteiger partial charge in [-0.3, -0.25) is 4.90 Å². The Morgan fingerprint density at radius 2 is 2.22 bits per heavy atom. The summed E-state index contributed by atoms with van der Waals surface area (Å²) in [4.78, 5) is 14.0. The van der Waals surface area contributed by atoms with Gasteiger partial charge in [0.1, 0.15) is 6.04 Å². The van der Waals surface area contributed by atoms with Gasteiger partial charge in [0, 0.05) is 12.0 Å². The molecule has 2 rings (SSSR count). The smallest absolute Gasteiger partial charge is 0.331 e. The zero-order valence-electron chi connectivity index (χ0n) is 11.3. The molecule has 2 saturated heterocycles. The lowest BCUT2D eigenvalue weighted by Gasteiger charge is -2.48. The maximum absolute atomic E-state index is 12.0. The van der Waals surface area contributed by atoms with Crippen LogP contribution in [-0.4, -0.2) is 45.3 Å². The van der Waals surface area contributed by atoms with E-state index in [0.29, 0.717) is 5.11 Å². The fraction of sp³-hybridized carbons (Fsp3) is 0.833. The van der Waals surface area contributed by atoms with Crippen LogP contribution < -0.4 is 5.32 Å². The van der Waals surface area contributed by atoms with Crippen LogP contribution in [0.4, 0.5) is 0 Å². The molecule has 1 N–H and O–H groups in total. The second-order valence-corrected chi connectivity index (χ2v) is 7.13. The third kappa shape index (κ3) is 2.32. The molecule has 0 saturated carbocycles. The van der Waals surface area contributed by atoms with Crippen molar-refractivity contribution in [3.8, 4) is 0 Å². The lowest BCUT2D eigenvalue weighted by atomic mass is 9.90. The van der Waals surface area contributed by atoms with E-state index >= 15 is 0 Å². The lowest BCUT2D eigenvalue weighted by molar-refractivity contribution is -0.153. The Morgan fingerprint density at radius 3 is 2.83 bits per heavy atom. The highest BCUT2D eigenvalue weighted by Gasteiger charge is 2.56. The highest BCUT2D eigenvalue weighted by Crippen LogP contribution is 2.40. The quantitative estimate of drug-likeness (QED) is 0.630. The summed E-state index contributed by atoms with van der Waals surface area (Å²) in [5, 5.41) is 3.93. The highest BCUT2D eigenvalue weighted by molar-refractivity contribution is 7.98. The molecular weight excluding hydrogens is 268 g/mol. The molecule has 0 amide bonds. The van der Waals surface area contributed by atoms with Crippen molar-refractivity contribution in [3.05, 3.63) is 0 Å². The number of ether oxygens (including phenoxy) is 1. The van der Waals surface area contributed by atoms with Gasteiger partial charge in [-0.05, 0) is 51.4 Å². The number of nitrogens with one attached hydrogen (secondary N) is 1. The Kier molecular flexibility index (Phi) is 3.53. The topological polar surface area (TPSA) is 41.6 Å². The third-order valence-electron chi connectivity index (χ3n) is 3.44. The molecule has 0 radical (unpaired) electrons. The summed E-state index contributed by atoms with van der Waals surface area (Å²) in [6.45, 7) is 6.11. The van der Waals surface area contributed by atoms with Crippen molar-refractivity contribution in [3.63, 3.8) is 0 Å². The summed E-state index contributed by atoms with van der Waals surface area (Å²) in [6, 6.07) is -0.237. The highest BCUT2D eigenvalue weighted by atomic mass is 32.2. The van der Waals surface area contributed by atoms with Crippen molar-refractivity contribution in [2.24, 2.45) is 0 Å². The average Bonchev–Trinajstić information content (AvgIpc) is 2.43. The number of esters is 1. The molecule has 0 unspecified atom stereocenters. The van der Waals surface area contributed by atoms with Gasteiger partial charge in [-0.15, -0.1) is 0 Å². The number of fused-ring (bicyclic) bond motifs is 1. The van der Waals surface area contributed by atoms with Crippen LogP contribution in [0.3, 0.4) is 0 Å². The van der Waals surface area contributed by atoms with Gasteiger partial charge in [-0.25, -0.2) is 4.79 Å². The van der Waals surface area contributed by atoms with Crippen LogP contribution in [0.5, 0.6) is 0 Å². The van der Waals surface area contributed by atoms with Gasteiger partial charge < -0.3 is 10.1 Å². The number of hydrogen-bond acceptors (Lipinski definition) is 4. The summed E-state index contributed by atoms with van der Waals surface area (Å²) < 4.78 is 5.62. The van der Waals surface area contributed by atoms with Crippen molar-refractivity contribution in [1.29, 1.82) is 0 Å². The van der Waals surface area contributed by atoms with Crippen LogP contribution in [0, 0.1) is 0 Å². The van der Waals surface area contributed by atoms with Gasteiger partial charge in [0.25, 0.3) is 0 Å². The molecule has 2 aliphatic heterocycles. The number of hydrogen-bond donors (Lipinski definition) is 1. The SMILES string of the molecule is CSCC[C@H]1C(=O)O[C@@]2(C)CC(C)(C)NC(=S)N12. The molecular formula is C12H20N2O2S2. The summed E-state index contributed by atoms with van der Waals surface area (Å²) in [7, 11) is 0. The zero-order valence-corrected chi connectivity index (χ0v) is 12.9. The minimum absolute atomic E-state index is 0.142. The normalized spacial score (nSPS) is 34.0. The Morgan fingerprint density at radius 1 is 1.56 bits per heavy atom. The minimum Gasteiger partial charge on any atom is -0.437 e. The van der Waals surface area contributed by atoms with Crippen molar-refractivity contribution in [1.82, 2.24) is 10.2 Å². The zero-order chi connectivity index (χ0) is 13.6. The number of carbonyl (C=O) groups is 1. The number of nitrogens with zero attached hydrogens (tertiary/aromatic N) is 1. The summed E-state index contributed by atoms with van der Waals surface area (Å²) >= 11 is 7.15. The van der Waals surface area contributed by atoms with Crippen LogP contribution in [0.15, 0.2) is 0 Å². The van der Waals surface area contributed by atoms with Crippen molar-refractivity contribution < 1.29 is 9.53 Å². The molecule has 2 aliphatic rings. The molecule has 102 valence electrons. The van der Waals surface area contributed by atoms with E-state index in [1.54, 1.807) is 11.8 Å². The van der Waals surface area contributed by atoms with Gasteiger partial charge in [0.15, 0.2) is 10.8 Å². The predicted molar refractivity (Wildman–Crippen MR) is 77.6 cm³/mol. The van der Waals surface area contributed by atoms with E-state index in [1.165, 1.54) is 0 Å². The van der Waals surface area contributed by atoms with E-state index in [-0.39, 0.29) is 17.6 Å². The molecule has 2 atom stereocenters. The van der Waals surface area contributed by atoms with E-state index < -0.39 is 5.72 Å². The predicted octanol–water partition coefficient (Wildman–Crippen LogP) is 1.74. The molecule has 0 bridgehead atoms. The molecule has 6 heteroatoms. The molecule has 0 spiro atoms. The first-order valence-corrected chi connectivity index (χ1v) is 7.92. The second kappa shape index (κ2) is 4.56. The Labute approximate surface area is 118 Å². The van der Waals surface area contributed by atoms with Gasteiger partial charge in [-0.1, -0.05) is 0 Å². The Hall–Kier alpha value is -0.490. The van der Waals surface area contributed by atoms with Crippen LogP contribution in [-0.2, 0) is 9.53 Å². The van der Waals surface area contributed by atoms with Crippen molar-refractivity contribution >= 4 is 35.1 Å². The maximum Gasteiger partial charge on any atom is 0.331 e. The Balaban J connectivity index is 2.25. The fourth-order valence-corrected chi connectivity index (χ4v) is 3.99. The third-order valence-corrected chi connectivity index (χ3v) is 4.39. The second-order valence-electron chi connectivity index (χ2n) is 5.75. The fourth-order valence-electron chi connectivity index (χ4n) is 2.94. The summed E-state index contributed by atoms with van der Waals surface area (Å²) in [6.07, 6.45) is 3.55. The monoisotopic (exact) mass is 288 g/mol. The standard InChI is InChI=1S/C12H20N2O2S2/c1-11(2)7-12(3)14(10(17)13-11)8(5-6-18-4)9(15)16-12/h8H,5-7H2,1-4H3,(H,13,17)/t8-,12-/m0/s1. The lowest BCUT2D eigenvalue weighted by Crippen LogP contribution is -2.66.